The number of benzene rings is 3. The van der Waals surface area contributed by atoms with Crippen LogP contribution in [-0.4, -0.2) is 25.2 Å². The molecule has 180 valence electrons. The van der Waals surface area contributed by atoms with Gasteiger partial charge < -0.3 is 5.32 Å². The highest BCUT2D eigenvalue weighted by molar-refractivity contribution is 9.10. The number of aryl methyl sites for hydroxylation is 4. The van der Waals surface area contributed by atoms with Crippen molar-refractivity contribution in [3.63, 3.8) is 0 Å². The van der Waals surface area contributed by atoms with E-state index in [9.17, 15) is 13.2 Å². The van der Waals surface area contributed by atoms with Crippen LogP contribution in [-0.2, 0) is 21.4 Å². The molecular weight excluding hydrogens is 512 g/mol. The highest BCUT2D eigenvalue weighted by atomic mass is 79.9. The Balaban J connectivity index is 1.91. The number of nitrogens with one attached hydrogen (secondary N) is 1. The molecule has 3 rings (SSSR count). The quantitative estimate of drug-likeness (QED) is 0.394. The van der Waals surface area contributed by atoms with Gasteiger partial charge in [0.15, 0.2) is 0 Å². The third-order valence-electron chi connectivity index (χ3n) is 5.75. The molecule has 0 bridgehead atoms. The SMILES string of the molecule is Cc1ccc(CN(CC(=O)N[C@H](C)c2ccc(Br)cc2)S(=O)(=O)c2c(C)cc(C)cc2C)cc1. The zero-order valence-corrected chi connectivity index (χ0v) is 22.6. The summed E-state index contributed by atoms with van der Waals surface area (Å²) in [6.07, 6.45) is 0. The molecule has 3 aromatic carbocycles. The van der Waals surface area contributed by atoms with Crippen LogP contribution in [0.3, 0.4) is 0 Å². The lowest BCUT2D eigenvalue weighted by molar-refractivity contribution is -0.122. The van der Waals surface area contributed by atoms with Gasteiger partial charge in [0.2, 0.25) is 15.9 Å². The Hall–Kier alpha value is -2.48. The van der Waals surface area contributed by atoms with Gasteiger partial charge in [-0.05, 0) is 69.0 Å². The minimum absolute atomic E-state index is 0.107. The van der Waals surface area contributed by atoms with Crippen LogP contribution in [0.4, 0.5) is 0 Å². The summed E-state index contributed by atoms with van der Waals surface area (Å²) in [5.41, 5.74) is 5.20. The van der Waals surface area contributed by atoms with Gasteiger partial charge in [-0.2, -0.15) is 4.31 Å². The molecule has 0 saturated heterocycles. The second kappa shape index (κ2) is 10.8. The lowest BCUT2D eigenvalue weighted by Crippen LogP contribution is -2.41. The van der Waals surface area contributed by atoms with E-state index in [0.29, 0.717) is 11.1 Å². The fourth-order valence-corrected chi connectivity index (χ4v) is 6.17. The van der Waals surface area contributed by atoms with E-state index in [0.717, 1.165) is 26.7 Å². The first-order chi connectivity index (χ1) is 16.0. The van der Waals surface area contributed by atoms with Gasteiger partial charge in [-0.1, -0.05) is 75.6 Å². The number of hydrogen-bond donors (Lipinski definition) is 1. The lowest BCUT2D eigenvalue weighted by Gasteiger charge is -2.25. The summed E-state index contributed by atoms with van der Waals surface area (Å²) in [5.74, 6) is -0.353. The number of nitrogens with zero attached hydrogens (tertiary/aromatic N) is 1. The average Bonchev–Trinajstić information content (AvgIpc) is 2.74. The number of sulfonamides is 1. The van der Waals surface area contributed by atoms with Crippen molar-refractivity contribution in [1.82, 2.24) is 9.62 Å². The summed E-state index contributed by atoms with van der Waals surface area (Å²) >= 11 is 3.41. The maximum Gasteiger partial charge on any atom is 0.244 e. The third kappa shape index (κ3) is 6.34. The van der Waals surface area contributed by atoms with Crippen molar-refractivity contribution in [2.45, 2.75) is 52.1 Å². The first-order valence-corrected chi connectivity index (χ1v) is 13.4. The van der Waals surface area contributed by atoms with Gasteiger partial charge >= 0.3 is 0 Å². The second-order valence-electron chi connectivity index (χ2n) is 8.83. The van der Waals surface area contributed by atoms with Crippen molar-refractivity contribution in [3.8, 4) is 0 Å². The molecule has 0 spiro atoms. The molecule has 1 N–H and O–H groups in total. The smallest absolute Gasteiger partial charge is 0.244 e. The van der Waals surface area contributed by atoms with Crippen LogP contribution in [0, 0.1) is 27.7 Å². The first-order valence-electron chi connectivity index (χ1n) is 11.2. The minimum atomic E-state index is -3.92. The van der Waals surface area contributed by atoms with Crippen LogP contribution in [0.2, 0.25) is 0 Å². The number of hydrogen-bond acceptors (Lipinski definition) is 3. The van der Waals surface area contributed by atoms with E-state index >= 15 is 0 Å². The Morgan fingerprint density at radius 3 is 2.03 bits per heavy atom. The molecular formula is C27H31BrN2O3S. The summed E-state index contributed by atoms with van der Waals surface area (Å²) in [5, 5.41) is 2.94. The molecule has 0 heterocycles. The van der Waals surface area contributed by atoms with Crippen LogP contribution < -0.4 is 5.32 Å². The predicted octanol–water partition coefficient (Wildman–Crippen LogP) is 5.75. The Morgan fingerprint density at radius 2 is 1.47 bits per heavy atom. The van der Waals surface area contributed by atoms with Crippen molar-refractivity contribution in [2.24, 2.45) is 0 Å². The largest absolute Gasteiger partial charge is 0.348 e. The molecule has 5 nitrogen and oxygen atoms in total. The molecule has 1 atom stereocenters. The van der Waals surface area contributed by atoms with Gasteiger partial charge in [-0.15, -0.1) is 0 Å². The van der Waals surface area contributed by atoms with Crippen LogP contribution in [0.15, 0.2) is 70.0 Å². The van der Waals surface area contributed by atoms with Gasteiger partial charge in [0.1, 0.15) is 0 Å². The molecule has 0 aromatic heterocycles. The van der Waals surface area contributed by atoms with E-state index in [-0.39, 0.29) is 29.9 Å². The molecule has 0 fully saturated rings. The maximum atomic E-state index is 13.8. The molecule has 3 aromatic rings. The highest BCUT2D eigenvalue weighted by Crippen LogP contribution is 2.27. The van der Waals surface area contributed by atoms with Gasteiger partial charge in [0, 0.05) is 11.0 Å². The van der Waals surface area contributed by atoms with Crippen LogP contribution >= 0.6 is 15.9 Å². The Morgan fingerprint density at radius 1 is 0.912 bits per heavy atom. The minimum Gasteiger partial charge on any atom is -0.348 e. The van der Waals surface area contributed by atoms with Gasteiger partial charge in [-0.25, -0.2) is 8.42 Å². The van der Waals surface area contributed by atoms with E-state index in [1.807, 2.05) is 81.4 Å². The number of rotatable bonds is 8. The van der Waals surface area contributed by atoms with Crippen molar-refractivity contribution >= 4 is 31.9 Å². The van der Waals surface area contributed by atoms with Crippen molar-refractivity contribution in [3.05, 3.63) is 98.5 Å². The summed E-state index contributed by atoms with van der Waals surface area (Å²) in [6.45, 7) is 9.23. The molecule has 0 saturated carbocycles. The fourth-order valence-electron chi connectivity index (χ4n) is 4.11. The zero-order valence-electron chi connectivity index (χ0n) is 20.2. The number of carbonyl (C=O) groups is 1. The molecule has 0 aliphatic rings. The number of carbonyl (C=O) groups excluding carboxylic acids is 1. The van der Waals surface area contributed by atoms with E-state index < -0.39 is 10.0 Å². The predicted molar refractivity (Wildman–Crippen MR) is 140 cm³/mol. The standard InChI is InChI=1S/C27H31BrN2O3S/c1-18-6-8-23(9-7-18)16-30(34(32,33)27-20(3)14-19(2)15-21(27)4)17-26(31)29-22(5)24-10-12-25(28)13-11-24/h6-15,22H,16-17H2,1-5H3,(H,29,31)/t22-/m1/s1. The molecule has 0 radical (unpaired) electrons. The zero-order chi connectivity index (χ0) is 25.0. The molecule has 0 aliphatic heterocycles. The monoisotopic (exact) mass is 542 g/mol. The second-order valence-corrected chi connectivity index (χ2v) is 11.6. The van der Waals surface area contributed by atoms with E-state index in [4.69, 9.17) is 0 Å². The normalized spacial score (nSPS) is 12.6. The van der Waals surface area contributed by atoms with Crippen LogP contribution in [0.1, 0.15) is 46.3 Å². The topological polar surface area (TPSA) is 66.5 Å². The molecule has 0 unspecified atom stereocenters. The van der Waals surface area contributed by atoms with E-state index in [1.165, 1.54) is 4.31 Å². The highest BCUT2D eigenvalue weighted by Gasteiger charge is 2.30. The molecule has 34 heavy (non-hydrogen) atoms. The van der Waals surface area contributed by atoms with Crippen molar-refractivity contribution in [1.29, 1.82) is 0 Å². The summed E-state index contributed by atoms with van der Waals surface area (Å²) in [6, 6.07) is 18.8. The third-order valence-corrected chi connectivity index (χ3v) is 8.38. The van der Waals surface area contributed by atoms with Crippen molar-refractivity contribution < 1.29 is 13.2 Å². The van der Waals surface area contributed by atoms with E-state index in [2.05, 4.69) is 21.2 Å². The van der Waals surface area contributed by atoms with Gasteiger partial charge in [-0.3, -0.25) is 4.79 Å². The number of amides is 1. The van der Waals surface area contributed by atoms with Crippen LogP contribution in [0.25, 0.3) is 0 Å². The Labute approximate surface area is 211 Å². The van der Waals surface area contributed by atoms with Gasteiger partial charge in [0.05, 0.1) is 17.5 Å². The van der Waals surface area contributed by atoms with Crippen molar-refractivity contribution in [2.75, 3.05) is 6.54 Å². The lowest BCUT2D eigenvalue weighted by atomic mass is 10.1. The summed E-state index contributed by atoms with van der Waals surface area (Å²) in [4.78, 5) is 13.3. The average molecular weight is 544 g/mol. The van der Waals surface area contributed by atoms with Crippen LogP contribution in [0.5, 0.6) is 0 Å². The van der Waals surface area contributed by atoms with E-state index in [1.54, 1.807) is 13.8 Å². The Bertz CT molecular complexity index is 1250. The first kappa shape index (κ1) is 26.1. The summed E-state index contributed by atoms with van der Waals surface area (Å²) < 4.78 is 29.9. The molecule has 7 heteroatoms. The summed E-state index contributed by atoms with van der Waals surface area (Å²) in [7, 11) is -3.92. The molecule has 1 amide bonds. The van der Waals surface area contributed by atoms with Gasteiger partial charge in [0.25, 0.3) is 0 Å². The fraction of sp³-hybridized carbons (Fsp3) is 0.296. The Kier molecular flexibility index (Phi) is 8.34. The maximum absolute atomic E-state index is 13.8. The molecule has 0 aliphatic carbocycles. The number of halogens is 1.